The zero-order valence-corrected chi connectivity index (χ0v) is 9.99. The van der Waals surface area contributed by atoms with Crippen molar-refractivity contribution in [3.63, 3.8) is 0 Å². The number of rotatable bonds is 3. The molecule has 5 heteroatoms. The molecule has 0 bridgehead atoms. The minimum Gasteiger partial charge on any atom is -0.274 e. The van der Waals surface area contributed by atoms with Crippen molar-refractivity contribution in [2.24, 2.45) is 0 Å². The first-order valence-corrected chi connectivity index (χ1v) is 5.57. The lowest BCUT2D eigenvalue weighted by molar-refractivity contribution is 0.0360. The Morgan fingerprint density at radius 1 is 1.47 bits per heavy atom. The Balaban J connectivity index is 2.39. The lowest BCUT2D eigenvalue weighted by atomic mass is 10.1. The summed E-state index contributed by atoms with van der Waals surface area (Å²) in [6, 6.07) is 9.16. The Labute approximate surface area is 104 Å². The van der Waals surface area contributed by atoms with Crippen molar-refractivity contribution in [1.82, 2.24) is 10.5 Å². The first kappa shape index (κ1) is 11.8. The van der Waals surface area contributed by atoms with Crippen molar-refractivity contribution in [1.29, 1.82) is 0 Å². The highest BCUT2D eigenvalue weighted by atomic mass is 35.5. The quantitative estimate of drug-likeness (QED) is 0.673. The molecular weight excluding hydrogens is 240 g/mol. The summed E-state index contributed by atoms with van der Waals surface area (Å²) in [6.45, 7) is 2.17. The highest BCUT2D eigenvalue weighted by molar-refractivity contribution is 6.34. The monoisotopic (exact) mass is 250 g/mol. The molecule has 17 heavy (non-hydrogen) atoms. The Morgan fingerprint density at radius 3 is 3.00 bits per heavy atom. The van der Waals surface area contributed by atoms with Crippen LogP contribution in [0.2, 0.25) is 5.15 Å². The molecule has 88 valence electrons. The summed E-state index contributed by atoms with van der Waals surface area (Å²) in [5.74, 6) is -0.403. The Hall–Kier alpha value is -1.65. The van der Waals surface area contributed by atoms with E-state index in [1.807, 2.05) is 24.3 Å². The van der Waals surface area contributed by atoms with E-state index >= 15 is 0 Å². The smallest absolute Gasteiger partial charge is 0.274 e. The van der Waals surface area contributed by atoms with Gasteiger partial charge < -0.3 is 0 Å². The van der Waals surface area contributed by atoms with E-state index < -0.39 is 5.91 Å². The Kier molecular flexibility index (Phi) is 3.56. The molecule has 0 spiro atoms. The number of hydrogen-bond donors (Lipinski definition) is 1. The van der Waals surface area contributed by atoms with Gasteiger partial charge in [-0.15, -0.1) is 0 Å². The van der Waals surface area contributed by atoms with Gasteiger partial charge in [0.25, 0.3) is 5.91 Å². The lowest BCUT2D eigenvalue weighted by Crippen LogP contribution is -2.24. The molecule has 0 saturated carbocycles. The Bertz CT molecular complexity index is 557. The summed E-state index contributed by atoms with van der Waals surface area (Å²) in [7, 11) is 0. The van der Waals surface area contributed by atoms with Crippen LogP contribution < -0.4 is 5.48 Å². The molecule has 1 aromatic heterocycles. The number of pyridine rings is 1. The van der Waals surface area contributed by atoms with Gasteiger partial charge in [-0.3, -0.25) is 9.63 Å². The van der Waals surface area contributed by atoms with Gasteiger partial charge in [0.2, 0.25) is 0 Å². The Morgan fingerprint density at radius 2 is 2.24 bits per heavy atom. The van der Waals surface area contributed by atoms with E-state index in [1.165, 1.54) is 0 Å². The molecular formula is C12H11ClN2O2. The van der Waals surface area contributed by atoms with E-state index in [0.717, 1.165) is 10.8 Å². The summed E-state index contributed by atoms with van der Waals surface area (Å²) in [6.07, 6.45) is 0. The SMILES string of the molecule is CCONC(=O)c1cc2ccccc2c(Cl)n1. The number of hydrogen-bond acceptors (Lipinski definition) is 3. The van der Waals surface area contributed by atoms with Crippen LogP contribution in [0.15, 0.2) is 30.3 Å². The van der Waals surface area contributed by atoms with Crippen LogP contribution in [-0.4, -0.2) is 17.5 Å². The van der Waals surface area contributed by atoms with Crippen molar-refractivity contribution in [2.45, 2.75) is 6.92 Å². The molecule has 0 atom stereocenters. The predicted octanol–water partition coefficient (Wildman–Crippen LogP) is 2.57. The normalized spacial score (nSPS) is 10.5. The number of nitrogens with one attached hydrogen (secondary N) is 1. The van der Waals surface area contributed by atoms with Gasteiger partial charge >= 0.3 is 0 Å². The van der Waals surface area contributed by atoms with Gasteiger partial charge in [0.15, 0.2) is 0 Å². The average molecular weight is 251 g/mol. The predicted molar refractivity (Wildman–Crippen MR) is 65.8 cm³/mol. The number of fused-ring (bicyclic) bond motifs is 1. The number of carbonyl (C=O) groups is 1. The molecule has 1 heterocycles. The fraction of sp³-hybridized carbons (Fsp3) is 0.167. The molecule has 0 fully saturated rings. The minimum atomic E-state index is -0.403. The summed E-state index contributed by atoms with van der Waals surface area (Å²) in [5, 5.41) is 2.00. The third kappa shape index (κ3) is 2.54. The molecule has 0 radical (unpaired) electrons. The zero-order chi connectivity index (χ0) is 12.3. The molecule has 0 aliphatic heterocycles. The second-order valence-corrected chi connectivity index (χ2v) is 3.74. The number of aromatic nitrogens is 1. The largest absolute Gasteiger partial charge is 0.293 e. The highest BCUT2D eigenvalue weighted by Gasteiger charge is 2.10. The average Bonchev–Trinajstić information content (AvgIpc) is 2.36. The fourth-order valence-corrected chi connectivity index (χ4v) is 1.73. The van der Waals surface area contributed by atoms with E-state index in [2.05, 4.69) is 10.5 Å². The van der Waals surface area contributed by atoms with E-state index in [1.54, 1.807) is 13.0 Å². The van der Waals surface area contributed by atoms with Gasteiger partial charge in [0, 0.05) is 5.39 Å². The van der Waals surface area contributed by atoms with E-state index in [4.69, 9.17) is 16.4 Å². The fourth-order valence-electron chi connectivity index (χ4n) is 1.46. The van der Waals surface area contributed by atoms with Gasteiger partial charge in [-0.1, -0.05) is 35.9 Å². The van der Waals surface area contributed by atoms with Gasteiger partial charge in [0.05, 0.1) is 6.61 Å². The van der Waals surface area contributed by atoms with Gasteiger partial charge in [-0.25, -0.2) is 10.5 Å². The van der Waals surface area contributed by atoms with Crippen LogP contribution in [-0.2, 0) is 4.84 Å². The van der Waals surface area contributed by atoms with Crippen molar-refractivity contribution in [2.75, 3.05) is 6.61 Å². The van der Waals surface area contributed by atoms with Crippen LogP contribution in [0.1, 0.15) is 17.4 Å². The molecule has 2 aromatic rings. The van der Waals surface area contributed by atoms with Crippen molar-refractivity contribution < 1.29 is 9.63 Å². The molecule has 1 aromatic carbocycles. The number of halogens is 1. The molecule has 0 aliphatic carbocycles. The number of nitrogens with zero attached hydrogens (tertiary/aromatic N) is 1. The first-order chi connectivity index (χ1) is 8.22. The van der Waals surface area contributed by atoms with Crippen molar-refractivity contribution >= 4 is 28.3 Å². The summed E-state index contributed by atoms with van der Waals surface area (Å²) < 4.78 is 0. The summed E-state index contributed by atoms with van der Waals surface area (Å²) in [5.41, 5.74) is 2.52. The van der Waals surface area contributed by atoms with E-state index in [9.17, 15) is 4.79 Å². The van der Waals surface area contributed by atoms with Crippen LogP contribution in [0.3, 0.4) is 0 Å². The molecule has 1 amide bonds. The summed E-state index contributed by atoms with van der Waals surface area (Å²) >= 11 is 6.01. The molecule has 4 nitrogen and oxygen atoms in total. The molecule has 0 unspecified atom stereocenters. The maximum atomic E-state index is 11.6. The van der Waals surface area contributed by atoms with Gasteiger partial charge in [0.1, 0.15) is 10.8 Å². The topological polar surface area (TPSA) is 51.2 Å². The van der Waals surface area contributed by atoms with Gasteiger partial charge in [-0.05, 0) is 18.4 Å². The number of hydroxylamine groups is 1. The lowest BCUT2D eigenvalue weighted by Gasteiger charge is -2.05. The van der Waals surface area contributed by atoms with Crippen molar-refractivity contribution in [3.8, 4) is 0 Å². The first-order valence-electron chi connectivity index (χ1n) is 5.19. The minimum absolute atomic E-state index is 0.238. The van der Waals surface area contributed by atoms with Crippen LogP contribution in [0.25, 0.3) is 10.8 Å². The van der Waals surface area contributed by atoms with Crippen LogP contribution in [0.5, 0.6) is 0 Å². The number of benzene rings is 1. The molecule has 0 saturated heterocycles. The highest BCUT2D eigenvalue weighted by Crippen LogP contribution is 2.22. The second-order valence-electron chi connectivity index (χ2n) is 3.38. The molecule has 2 rings (SSSR count). The maximum absolute atomic E-state index is 11.6. The molecule has 0 aliphatic rings. The maximum Gasteiger partial charge on any atom is 0.293 e. The standard InChI is InChI=1S/C12H11ClN2O2/c1-2-17-15-12(16)10-7-8-5-3-4-6-9(8)11(13)14-10/h3-7H,2H2,1H3,(H,15,16). The van der Waals surface area contributed by atoms with E-state index in [0.29, 0.717) is 11.8 Å². The third-order valence-electron chi connectivity index (χ3n) is 2.24. The van der Waals surface area contributed by atoms with Crippen LogP contribution in [0, 0.1) is 0 Å². The number of amides is 1. The van der Waals surface area contributed by atoms with Gasteiger partial charge in [-0.2, -0.15) is 0 Å². The number of carbonyl (C=O) groups excluding carboxylic acids is 1. The van der Waals surface area contributed by atoms with E-state index in [-0.39, 0.29) is 5.69 Å². The molecule has 1 N–H and O–H groups in total. The second kappa shape index (κ2) is 5.12. The van der Waals surface area contributed by atoms with Crippen LogP contribution in [0.4, 0.5) is 0 Å². The van der Waals surface area contributed by atoms with Crippen molar-refractivity contribution in [3.05, 3.63) is 41.2 Å². The summed E-state index contributed by atoms with van der Waals surface area (Å²) in [4.78, 5) is 20.5. The van der Waals surface area contributed by atoms with Crippen LogP contribution >= 0.6 is 11.6 Å². The third-order valence-corrected chi connectivity index (χ3v) is 2.52. The zero-order valence-electron chi connectivity index (χ0n) is 9.24.